The normalized spacial score (nSPS) is 10.4. The third-order valence-electron chi connectivity index (χ3n) is 1.76. The van der Waals surface area contributed by atoms with Crippen LogP contribution in [-0.4, -0.2) is 9.30 Å². The standard InChI is InChI=1S/C9H8N2OS2/c1-5-2-3-6-7(4-5)12-8(10-6)11-9(13)14/h2-4H,1H3,(H2,10,11,13,14). The number of anilines is 1. The number of aryl methyl sites for hydroxylation is 1. The molecule has 1 N–H and O–H groups in total. The van der Waals surface area contributed by atoms with Gasteiger partial charge in [-0.1, -0.05) is 18.3 Å². The summed E-state index contributed by atoms with van der Waals surface area (Å²) in [7, 11) is 0. The average Bonchev–Trinajstić information content (AvgIpc) is 2.44. The van der Waals surface area contributed by atoms with Crippen LogP contribution >= 0.6 is 24.8 Å². The van der Waals surface area contributed by atoms with E-state index < -0.39 is 0 Å². The molecule has 14 heavy (non-hydrogen) atoms. The number of rotatable bonds is 1. The molecule has 2 rings (SSSR count). The second-order valence-electron chi connectivity index (χ2n) is 2.92. The number of nitrogens with one attached hydrogen (secondary N) is 1. The van der Waals surface area contributed by atoms with Crippen LogP contribution in [0.5, 0.6) is 0 Å². The smallest absolute Gasteiger partial charge is 0.301 e. The lowest BCUT2D eigenvalue weighted by molar-refractivity contribution is 0.625. The minimum absolute atomic E-state index is 0.341. The number of thiol groups is 1. The molecule has 0 saturated heterocycles. The van der Waals surface area contributed by atoms with Crippen molar-refractivity contribution in [3.05, 3.63) is 23.8 Å². The highest BCUT2D eigenvalue weighted by Crippen LogP contribution is 2.19. The molecule has 0 saturated carbocycles. The summed E-state index contributed by atoms with van der Waals surface area (Å²) in [6.07, 6.45) is 0. The van der Waals surface area contributed by atoms with Gasteiger partial charge in [0.05, 0.1) is 0 Å². The van der Waals surface area contributed by atoms with Crippen LogP contribution < -0.4 is 5.32 Å². The van der Waals surface area contributed by atoms with Crippen LogP contribution in [0.4, 0.5) is 6.01 Å². The first kappa shape index (κ1) is 9.48. The molecule has 0 aliphatic rings. The Balaban J connectivity index is 2.46. The molecule has 0 amide bonds. The zero-order chi connectivity index (χ0) is 10.1. The Bertz CT molecular complexity index is 493. The van der Waals surface area contributed by atoms with Crippen molar-refractivity contribution in [3.8, 4) is 0 Å². The molecule has 0 aliphatic carbocycles. The van der Waals surface area contributed by atoms with Crippen molar-refractivity contribution in [1.82, 2.24) is 4.98 Å². The number of benzene rings is 1. The Labute approximate surface area is 91.9 Å². The van der Waals surface area contributed by atoms with Gasteiger partial charge in [0.25, 0.3) is 0 Å². The van der Waals surface area contributed by atoms with Crippen molar-refractivity contribution in [1.29, 1.82) is 0 Å². The van der Waals surface area contributed by atoms with Gasteiger partial charge < -0.3 is 4.42 Å². The number of hydrogen-bond acceptors (Lipinski definition) is 3. The van der Waals surface area contributed by atoms with Crippen molar-refractivity contribution >= 4 is 46.3 Å². The van der Waals surface area contributed by atoms with Gasteiger partial charge in [-0.3, -0.25) is 5.32 Å². The third kappa shape index (κ3) is 1.88. The molecule has 2 aromatic rings. The maximum Gasteiger partial charge on any atom is 0.301 e. The maximum atomic E-state index is 5.40. The molecule has 5 heteroatoms. The van der Waals surface area contributed by atoms with Gasteiger partial charge in [-0.15, -0.1) is 12.6 Å². The molecular formula is C9H8N2OS2. The van der Waals surface area contributed by atoms with Crippen molar-refractivity contribution in [2.75, 3.05) is 5.32 Å². The van der Waals surface area contributed by atoms with Crippen molar-refractivity contribution in [2.24, 2.45) is 0 Å². The Morgan fingerprint density at radius 1 is 1.57 bits per heavy atom. The molecule has 0 aliphatic heterocycles. The van der Waals surface area contributed by atoms with Gasteiger partial charge in [-0.05, 0) is 24.6 Å². The van der Waals surface area contributed by atoms with Gasteiger partial charge in [0.1, 0.15) is 9.84 Å². The summed E-state index contributed by atoms with van der Waals surface area (Å²) in [5.74, 6) is 0. The first-order valence-electron chi connectivity index (χ1n) is 4.02. The first-order chi connectivity index (χ1) is 6.65. The summed E-state index contributed by atoms with van der Waals surface area (Å²) in [4.78, 5) is 4.18. The van der Waals surface area contributed by atoms with Crippen LogP contribution in [0.2, 0.25) is 0 Å². The fourth-order valence-corrected chi connectivity index (χ4v) is 1.36. The second kappa shape index (κ2) is 3.59. The molecule has 0 atom stereocenters. The van der Waals surface area contributed by atoms with Crippen LogP contribution in [0.25, 0.3) is 11.1 Å². The van der Waals surface area contributed by atoms with E-state index in [1.54, 1.807) is 0 Å². The van der Waals surface area contributed by atoms with E-state index in [1.165, 1.54) is 0 Å². The zero-order valence-corrected chi connectivity index (χ0v) is 9.15. The minimum Gasteiger partial charge on any atom is -0.423 e. The minimum atomic E-state index is 0.341. The molecule has 1 heterocycles. The first-order valence-corrected chi connectivity index (χ1v) is 4.88. The van der Waals surface area contributed by atoms with E-state index in [-0.39, 0.29) is 0 Å². The van der Waals surface area contributed by atoms with Gasteiger partial charge in [0.2, 0.25) is 0 Å². The van der Waals surface area contributed by atoms with E-state index in [4.69, 9.17) is 16.6 Å². The average molecular weight is 224 g/mol. The molecule has 1 aromatic carbocycles. The highest BCUT2D eigenvalue weighted by Gasteiger charge is 2.05. The number of nitrogens with zero attached hydrogens (tertiary/aromatic N) is 1. The molecule has 0 unspecified atom stereocenters. The highest BCUT2D eigenvalue weighted by atomic mass is 32.1. The number of thiocarbonyl (C=S) groups is 1. The van der Waals surface area contributed by atoms with E-state index in [1.807, 2.05) is 25.1 Å². The monoisotopic (exact) mass is 224 g/mol. The van der Waals surface area contributed by atoms with E-state index in [9.17, 15) is 0 Å². The molecule has 0 bridgehead atoms. The van der Waals surface area contributed by atoms with Crippen molar-refractivity contribution in [2.45, 2.75) is 6.92 Å². The van der Waals surface area contributed by atoms with E-state index >= 15 is 0 Å². The summed E-state index contributed by atoms with van der Waals surface area (Å²) >= 11 is 8.69. The van der Waals surface area contributed by atoms with E-state index in [0.29, 0.717) is 10.3 Å². The number of fused-ring (bicyclic) bond motifs is 1. The SMILES string of the molecule is Cc1ccc2nc(NC(=S)S)oc2c1. The molecule has 72 valence electrons. The highest BCUT2D eigenvalue weighted by molar-refractivity contribution is 8.11. The second-order valence-corrected chi connectivity index (χ2v) is 4.08. The van der Waals surface area contributed by atoms with Gasteiger partial charge in [-0.2, -0.15) is 4.98 Å². The third-order valence-corrected chi connectivity index (χ3v) is 1.97. The van der Waals surface area contributed by atoms with E-state index in [0.717, 1.165) is 16.7 Å². The number of aromatic nitrogens is 1. The van der Waals surface area contributed by atoms with Crippen LogP contribution in [0.15, 0.2) is 22.6 Å². The summed E-state index contributed by atoms with van der Waals surface area (Å²) in [6.45, 7) is 2.00. The molecule has 0 radical (unpaired) electrons. The van der Waals surface area contributed by atoms with Gasteiger partial charge in [-0.25, -0.2) is 0 Å². The van der Waals surface area contributed by atoms with Gasteiger partial charge in [0, 0.05) is 0 Å². The van der Waals surface area contributed by atoms with Gasteiger partial charge in [0.15, 0.2) is 5.58 Å². The molecule has 1 aromatic heterocycles. The Kier molecular flexibility index (Phi) is 2.43. The lowest BCUT2D eigenvalue weighted by Gasteiger charge is -1.92. The summed E-state index contributed by atoms with van der Waals surface area (Å²) in [5, 5.41) is 2.73. The maximum absolute atomic E-state index is 5.40. The molecule has 0 spiro atoms. The number of oxazole rings is 1. The van der Waals surface area contributed by atoms with Gasteiger partial charge >= 0.3 is 6.01 Å². The van der Waals surface area contributed by atoms with Crippen molar-refractivity contribution < 1.29 is 4.42 Å². The topological polar surface area (TPSA) is 38.1 Å². The Hall–Kier alpha value is -1.07. The zero-order valence-electron chi connectivity index (χ0n) is 7.44. The van der Waals surface area contributed by atoms with Crippen LogP contribution in [0.1, 0.15) is 5.56 Å². The lowest BCUT2D eigenvalue weighted by atomic mass is 10.2. The Morgan fingerprint density at radius 2 is 2.36 bits per heavy atom. The van der Waals surface area contributed by atoms with E-state index in [2.05, 4.69) is 22.9 Å². The lowest BCUT2D eigenvalue weighted by Crippen LogP contribution is -2.00. The molecule has 3 nitrogen and oxygen atoms in total. The largest absolute Gasteiger partial charge is 0.423 e. The predicted octanol–water partition coefficient (Wildman–Crippen LogP) is 2.76. The van der Waals surface area contributed by atoms with Crippen LogP contribution in [-0.2, 0) is 0 Å². The summed E-state index contributed by atoms with van der Waals surface area (Å²) in [5.41, 5.74) is 2.69. The number of hydrogen-bond donors (Lipinski definition) is 2. The fraction of sp³-hybridized carbons (Fsp3) is 0.111. The van der Waals surface area contributed by atoms with Crippen LogP contribution in [0, 0.1) is 6.92 Å². The summed E-state index contributed by atoms with van der Waals surface area (Å²) < 4.78 is 5.74. The fourth-order valence-electron chi connectivity index (χ4n) is 1.18. The molecule has 0 fully saturated rings. The Morgan fingerprint density at radius 3 is 3.07 bits per heavy atom. The van der Waals surface area contributed by atoms with Crippen LogP contribution in [0.3, 0.4) is 0 Å². The summed E-state index contributed by atoms with van der Waals surface area (Å²) in [6, 6.07) is 6.19. The predicted molar refractivity (Wildman–Crippen MR) is 64.0 cm³/mol. The molecular weight excluding hydrogens is 216 g/mol. The quantitative estimate of drug-likeness (QED) is 0.577. The van der Waals surface area contributed by atoms with Crippen molar-refractivity contribution in [3.63, 3.8) is 0 Å².